The van der Waals surface area contributed by atoms with Crippen LogP contribution >= 0.6 is 0 Å². The van der Waals surface area contributed by atoms with Gasteiger partial charge in [0.2, 0.25) is 0 Å². The fourth-order valence-electron chi connectivity index (χ4n) is 2.64. The van der Waals surface area contributed by atoms with Gasteiger partial charge >= 0.3 is 6.09 Å². The molecule has 0 aliphatic carbocycles. The fourth-order valence-corrected chi connectivity index (χ4v) is 2.64. The van der Waals surface area contributed by atoms with E-state index in [0.717, 1.165) is 43.9 Å². The zero-order valence-electron chi connectivity index (χ0n) is 14.6. The molecule has 23 heavy (non-hydrogen) atoms. The number of hydrogen-bond acceptors (Lipinski definition) is 5. The average Bonchev–Trinajstić information content (AvgIpc) is 2.48. The van der Waals surface area contributed by atoms with Gasteiger partial charge in [0, 0.05) is 38.6 Å². The van der Waals surface area contributed by atoms with E-state index in [2.05, 4.69) is 15.3 Å². The lowest BCUT2D eigenvalue weighted by atomic mass is 9.98. The zero-order valence-corrected chi connectivity index (χ0v) is 14.6. The van der Waals surface area contributed by atoms with Gasteiger partial charge in [0.25, 0.3) is 0 Å². The Hall–Kier alpha value is -1.69. The molecule has 6 nitrogen and oxygen atoms in total. The van der Waals surface area contributed by atoms with Gasteiger partial charge in [-0.3, -0.25) is 9.97 Å². The molecule has 0 bridgehead atoms. The molecule has 2 rings (SSSR count). The molecule has 1 aromatic rings. The minimum Gasteiger partial charge on any atom is -0.444 e. The summed E-state index contributed by atoms with van der Waals surface area (Å²) in [5.74, 6) is 0.453. The number of carbonyl (C=O) groups excluding carboxylic acids is 1. The van der Waals surface area contributed by atoms with Crippen LogP contribution in [0.3, 0.4) is 0 Å². The first-order valence-electron chi connectivity index (χ1n) is 8.29. The molecule has 1 atom stereocenters. The van der Waals surface area contributed by atoms with Gasteiger partial charge in [-0.25, -0.2) is 4.79 Å². The minimum atomic E-state index is -0.438. The molecule has 1 saturated heterocycles. The fraction of sp³-hybridized carbons (Fsp3) is 0.706. The van der Waals surface area contributed by atoms with E-state index in [4.69, 9.17) is 4.74 Å². The normalized spacial score (nSPS) is 18.8. The molecule has 0 radical (unpaired) electrons. The topological polar surface area (TPSA) is 67.4 Å². The molecule has 0 spiro atoms. The van der Waals surface area contributed by atoms with Crippen molar-refractivity contribution in [3.05, 3.63) is 23.8 Å². The Morgan fingerprint density at radius 3 is 2.83 bits per heavy atom. The monoisotopic (exact) mass is 320 g/mol. The van der Waals surface area contributed by atoms with Gasteiger partial charge in [0.1, 0.15) is 5.60 Å². The number of aromatic nitrogens is 2. The Labute approximate surface area is 138 Å². The second-order valence-corrected chi connectivity index (χ2v) is 7.21. The molecule has 128 valence electrons. The highest BCUT2D eigenvalue weighted by atomic mass is 16.6. The lowest BCUT2D eigenvalue weighted by Crippen LogP contribution is -2.45. The van der Waals surface area contributed by atoms with E-state index in [9.17, 15) is 4.79 Å². The van der Waals surface area contributed by atoms with Crippen LogP contribution in [0.5, 0.6) is 0 Å². The lowest BCUT2D eigenvalue weighted by molar-refractivity contribution is 0.0166. The summed E-state index contributed by atoms with van der Waals surface area (Å²) in [6.07, 6.45) is 5.53. The molecule has 0 aromatic carbocycles. The minimum absolute atomic E-state index is 0.202. The van der Waals surface area contributed by atoms with Gasteiger partial charge in [0.15, 0.2) is 0 Å². The molecule has 0 saturated carbocycles. The maximum absolute atomic E-state index is 12.2. The first-order valence-corrected chi connectivity index (χ1v) is 8.29. The Morgan fingerprint density at radius 2 is 2.17 bits per heavy atom. The van der Waals surface area contributed by atoms with Crippen molar-refractivity contribution in [3.63, 3.8) is 0 Å². The SMILES string of the molecule is Cc1cnc(CNCC2CCCN(C(=O)OC(C)(C)C)C2)cn1. The summed E-state index contributed by atoms with van der Waals surface area (Å²) in [5, 5.41) is 3.42. The Kier molecular flexibility index (Phi) is 5.93. The molecule has 2 heterocycles. The third-order valence-corrected chi connectivity index (χ3v) is 3.74. The summed E-state index contributed by atoms with van der Waals surface area (Å²) in [7, 11) is 0. The van der Waals surface area contributed by atoms with E-state index in [1.165, 1.54) is 0 Å². The molecule has 1 amide bonds. The Bertz CT molecular complexity index is 510. The highest BCUT2D eigenvalue weighted by Crippen LogP contribution is 2.18. The van der Waals surface area contributed by atoms with Crippen LogP contribution in [-0.4, -0.2) is 46.2 Å². The quantitative estimate of drug-likeness (QED) is 0.923. The molecule has 1 unspecified atom stereocenters. The van der Waals surface area contributed by atoms with Crippen LogP contribution in [0, 0.1) is 12.8 Å². The number of amides is 1. The molecular formula is C17H28N4O2. The van der Waals surface area contributed by atoms with Crippen molar-refractivity contribution < 1.29 is 9.53 Å². The number of nitrogens with one attached hydrogen (secondary N) is 1. The van der Waals surface area contributed by atoms with Gasteiger partial charge < -0.3 is 15.0 Å². The number of nitrogens with zero attached hydrogens (tertiary/aromatic N) is 3. The second-order valence-electron chi connectivity index (χ2n) is 7.21. The van der Waals surface area contributed by atoms with Gasteiger partial charge in [-0.15, -0.1) is 0 Å². The molecule has 6 heteroatoms. The number of carbonyl (C=O) groups is 1. The molecule has 1 aliphatic rings. The molecule has 1 aliphatic heterocycles. The molecular weight excluding hydrogens is 292 g/mol. The predicted octanol–water partition coefficient (Wildman–Crippen LogP) is 2.52. The van der Waals surface area contributed by atoms with Crippen LogP contribution in [0.25, 0.3) is 0 Å². The number of ether oxygens (including phenoxy) is 1. The smallest absolute Gasteiger partial charge is 0.410 e. The first-order chi connectivity index (χ1) is 10.8. The Morgan fingerprint density at radius 1 is 1.39 bits per heavy atom. The third-order valence-electron chi connectivity index (χ3n) is 3.74. The van der Waals surface area contributed by atoms with Crippen LogP contribution in [0.4, 0.5) is 4.79 Å². The summed E-state index contributed by atoms with van der Waals surface area (Å²) < 4.78 is 5.46. The van der Waals surface area contributed by atoms with E-state index in [1.54, 1.807) is 12.4 Å². The van der Waals surface area contributed by atoms with Gasteiger partial charge in [-0.1, -0.05) is 0 Å². The van der Waals surface area contributed by atoms with Crippen molar-refractivity contribution in [2.45, 2.75) is 52.7 Å². The van der Waals surface area contributed by atoms with Crippen molar-refractivity contribution in [1.82, 2.24) is 20.2 Å². The van der Waals surface area contributed by atoms with E-state index in [-0.39, 0.29) is 6.09 Å². The molecule has 1 fully saturated rings. The number of piperidine rings is 1. The second kappa shape index (κ2) is 7.73. The highest BCUT2D eigenvalue weighted by molar-refractivity contribution is 5.68. The number of rotatable bonds is 4. The number of aryl methyl sites for hydroxylation is 1. The van der Waals surface area contributed by atoms with Crippen LogP contribution < -0.4 is 5.32 Å². The van der Waals surface area contributed by atoms with Crippen LogP contribution in [-0.2, 0) is 11.3 Å². The molecule has 1 aromatic heterocycles. The maximum Gasteiger partial charge on any atom is 0.410 e. The van der Waals surface area contributed by atoms with E-state index >= 15 is 0 Å². The first kappa shape index (κ1) is 17.7. The summed E-state index contributed by atoms with van der Waals surface area (Å²) in [6, 6.07) is 0. The summed E-state index contributed by atoms with van der Waals surface area (Å²) in [4.78, 5) is 22.6. The van der Waals surface area contributed by atoms with Crippen molar-refractivity contribution in [1.29, 1.82) is 0 Å². The van der Waals surface area contributed by atoms with Gasteiger partial charge in [-0.05, 0) is 46.5 Å². The van der Waals surface area contributed by atoms with Crippen molar-refractivity contribution in [2.24, 2.45) is 5.92 Å². The standard InChI is InChI=1S/C17H28N4O2/c1-13-8-20-15(11-19-13)10-18-9-14-6-5-7-21(12-14)16(22)23-17(2,3)4/h8,11,14,18H,5-7,9-10,12H2,1-4H3. The van der Waals surface area contributed by atoms with Gasteiger partial charge in [-0.2, -0.15) is 0 Å². The van der Waals surface area contributed by atoms with E-state index < -0.39 is 5.60 Å². The van der Waals surface area contributed by atoms with Crippen LogP contribution in [0.1, 0.15) is 45.0 Å². The van der Waals surface area contributed by atoms with E-state index in [0.29, 0.717) is 12.5 Å². The predicted molar refractivity (Wildman–Crippen MR) is 89.0 cm³/mol. The highest BCUT2D eigenvalue weighted by Gasteiger charge is 2.27. The van der Waals surface area contributed by atoms with Crippen molar-refractivity contribution in [3.8, 4) is 0 Å². The summed E-state index contributed by atoms with van der Waals surface area (Å²) in [6.45, 7) is 10.7. The number of likely N-dealkylation sites (tertiary alicyclic amines) is 1. The Balaban J connectivity index is 1.75. The average molecular weight is 320 g/mol. The third kappa shape index (κ3) is 6.14. The summed E-state index contributed by atoms with van der Waals surface area (Å²) >= 11 is 0. The van der Waals surface area contributed by atoms with Crippen LogP contribution in [0.15, 0.2) is 12.4 Å². The largest absolute Gasteiger partial charge is 0.444 e. The number of hydrogen-bond donors (Lipinski definition) is 1. The maximum atomic E-state index is 12.2. The summed E-state index contributed by atoms with van der Waals surface area (Å²) in [5.41, 5.74) is 1.43. The zero-order chi connectivity index (χ0) is 16.9. The molecule has 1 N–H and O–H groups in total. The lowest BCUT2D eigenvalue weighted by Gasteiger charge is -2.34. The van der Waals surface area contributed by atoms with Crippen molar-refractivity contribution >= 4 is 6.09 Å². The van der Waals surface area contributed by atoms with Gasteiger partial charge in [0.05, 0.1) is 11.4 Å². The van der Waals surface area contributed by atoms with Crippen LogP contribution in [0.2, 0.25) is 0 Å². The van der Waals surface area contributed by atoms with Crippen molar-refractivity contribution in [2.75, 3.05) is 19.6 Å². The van der Waals surface area contributed by atoms with E-state index in [1.807, 2.05) is 32.6 Å².